The fraction of sp³-hybridized carbons (Fsp3) is 0.955. The minimum absolute atomic E-state index is 0. The molecule has 2 nitrogen and oxygen atoms in total. The molecule has 0 aromatic carbocycles. The first-order valence-corrected chi connectivity index (χ1v) is 10.9. The van der Waals surface area contributed by atoms with Crippen molar-refractivity contribution in [2.24, 2.45) is 0 Å². The zero-order valence-corrected chi connectivity index (χ0v) is 19.7. The summed E-state index contributed by atoms with van der Waals surface area (Å²) in [4.78, 5) is 2.28. The monoisotopic (exact) mass is 418 g/mol. The van der Waals surface area contributed by atoms with E-state index in [9.17, 15) is 0 Å². The summed E-state index contributed by atoms with van der Waals surface area (Å²) in [5.74, 6) is 1.44. The van der Waals surface area contributed by atoms with Gasteiger partial charge < -0.3 is 17.0 Å². The van der Waals surface area contributed by atoms with Crippen LogP contribution in [-0.4, -0.2) is 42.5 Å². The predicted octanol–water partition coefficient (Wildman–Crippen LogP) is 3.48. The minimum atomic E-state index is 0. The first kappa shape index (κ1) is 27.2. The quantitative estimate of drug-likeness (QED) is 0.161. The van der Waals surface area contributed by atoms with Gasteiger partial charge in [0.05, 0.1) is 27.2 Å². The van der Waals surface area contributed by atoms with Crippen LogP contribution in [0.4, 0.5) is 0 Å². The van der Waals surface area contributed by atoms with E-state index in [4.69, 9.17) is 0 Å². The third-order valence-electron chi connectivity index (χ3n) is 5.17. The number of amidine groups is 1. The van der Waals surface area contributed by atoms with Crippen LogP contribution in [0.3, 0.4) is 0 Å². The van der Waals surface area contributed by atoms with Crippen molar-refractivity contribution in [2.45, 2.75) is 111 Å². The number of halogens is 1. The van der Waals surface area contributed by atoms with E-state index in [-0.39, 0.29) is 17.0 Å². The van der Waals surface area contributed by atoms with Crippen LogP contribution in [-0.2, 0) is 0 Å². The highest BCUT2D eigenvalue weighted by Crippen LogP contribution is 2.09. The lowest BCUT2D eigenvalue weighted by molar-refractivity contribution is -0.534. The molecule has 0 spiro atoms. The number of hydrogen-bond donors (Lipinski definition) is 0. The molecule has 25 heavy (non-hydrogen) atoms. The van der Waals surface area contributed by atoms with Crippen LogP contribution in [0.1, 0.15) is 111 Å². The second kappa shape index (κ2) is 20.3. The Labute approximate surface area is 170 Å². The maximum absolute atomic E-state index is 2.62. The molecule has 0 aromatic heterocycles. The highest BCUT2D eigenvalue weighted by atomic mass is 79.9. The van der Waals surface area contributed by atoms with Gasteiger partial charge in [0, 0.05) is 6.92 Å². The molecule has 0 saturated carbocycles. The number of nitrogens with zero attached hydrogens (tertiary/aromatic N) is 2. The van der Waals surface area contributed by atoms with E-state index in [2.05, 4.69) is 44.3 Å². The van der Waals surface area contributed by atoms with E-state index in [1.54, 1.807) is 0 Å². The van der Waals surface area contributed by atoms with Crippen molar-refractivity contribution in [3.05, 3.63) is 0 Å². The van der Waals surface area contributed by atoms with E-state index >= 15 is 0 Å². The molecule has 0 unspecified atom stereocenters. The third-order valence-corrected chi connectivity index (χ3v) is 5.17. The fourth-order valence-corrected chi connectivity index (χ4v) is 3.24. The molecule has 0 aromatic rings. The summed E-state index contributed by atoms with van der Waals surface area (Å²) in [6, 6.07) is 0. The Hall–Kier alpha value is -0.0500. The SMILES string of the molecule is CCCCCCCCCC[N+](CCCCCCCC)=C(C)N(C)C.[Br-]. The number of hydrogen-bond acceptors (Lipinski definition) is 0. The molecule has 0 bridgehead atoms. The molecular formula is C22H47BrN2. The van der Waals surface area contributed by atoms with Crippen molar-refractivity contribution in [1.29, 1.82) is 0 Å². The van der Waals surface area contributed by atoms with Gasteiger partial charge in [0.15, 0.2) is 0 Å². The van der Waals surface area contributed by atoms with Crippen molar-refractivity contribution in [3.63, 3.8) is 0 Å². The topological polar surface area (TPSA) is 6.25 Å². The zero-order valence-electron chi connectivity index (χ0n) is 18.1. The summed E-state index contributed by atoms with van der Waals surface area (Å²) < 4.78 is 2.62. The van der Waals surface area contributed by atoms with Gasteiger partial charge in [-0.25, -0.2) is 0 Å². The third kappa shape index (κ3) is 17.1. The van der Waals surface area contributed by atoms with Crippen LogP contribution in [0.5, 0.6) is 0 Å². The maximum atomic E-state index is 2.62. The smallest absolute Gasteiger partial charge is 0.243 e. The Morgan fingerprint density at radius 2 is 0.920 bits per heavy atom. The Balaban J connectivity index is 0. The van der Waals surface area contributed by atoms with Gasteiger partial charge in [0.2, 0.25) is 5.84 Å². The van der Waals surface area contributed by atoms with Crippen LogP contribution in [0.15, 0.2) is 0 Å². The standard InChI is InChI=1S/C22H47N2.BrH/c1-6-8-10-12-14-15-17-19-21-24(22(3)23(4)5)20-18-16-13-11-9-7-2;/h6-21H2,1-5H3;1H/q+1;/p-1. The number of rotatable bonds is 16. The lowest BCUT2D eigenvalue weighted by atomic mass is 10.1. The lowest BCUT2D eigenvalue weighted by Crippen LogP contribution is -3.00. The van der Waals surface area contributed by atoms with Crippen molar-refractivity contribution >= 4 is 5.84 Å². The molecule has 0 fully saturated rings. The van der Waals surface area contributed by atoms with Crippen molar-refractivity contribution in [2.75, 3.05) is 27.2 Å². The zero-order chi connectivity index (χ0) is 18.0. The average Bonchev–Trinajstić information content (AvgIpc) is 2.57. The maximum Gasteiger partial charge on any atom is 0.243 e. The van der Waals surface area contributed by atoms with Crippen molar-refractivity contribution in [3.8, 4) is 0 Å². The predicted molar refractivity (Wildman–Crippen MR) is 110 cm³/mol. The van der Waals surface area contributed by atoms with Gasteiger partial charge in [0.1, 0.15) is 0 Å². The Bertz CT molecular complexity index is 300. The molecule has 3 heteroatoms. The molecule has 0 aliphatic heterocycles. The second-order valence-electron chi connectivity index (χ2n) is 7.67. The van der Waals surface area contributed by atoms with E-state index in [0.717, 1.165) is 0 Å². The molecule has 152 valence electrons. The van der Waals surface area contributed by atoms with E-state index in [1.807, 2.05) is 0 Å². The molecule has 0 rings (SSSR count). The van der Waals surface area contributed by atoms with Gasteiger partial charge in [0.25, 0.3) is 0 Å². The van der Waals surface area contributed by atoms with Crippen LogP contribution in [0.25, 0.3) is 0 Å². The fourth-order valence-electron chi connectivity index (χ4n) is 3.24. The van der Waals surface area contributed by atoms with E-state index in [0.29, 0.717) is 0 Å². The average molecular weight is 420 g/mol. The van der Waals surface area contributed by atoms with Gasteiger partial charge in [-0.05, 0) is 25.7 Å². The summed E-state index contributed by atoms with van der Waals surface area (Å²) in [5.41, 5.74) is 0. The van der Waals surface area contributed by atoms with Crippen molar-refractivity contribution in [1.82, 2.24) is 4.90 Å². The summed E-state index contributed by atoms with van der Waals surface area (Å²) in [6.45, 7) is 9.35. The highest BCUT2D eigenvalue weighted by Gasteiger charge is 2.10. The normalized spacial score (nSPS) is 11.9. The van der Waals surface area contributed by atoms with Gasteiger partial charge in [-0.15, -0.1) is 0 Å². The molecule has 0 aliphatic carbocycles. The molecule has 0 saturated heterocycles. The van der Waals surface area contributed by atoms with Gasteiger partial charge in [-0.3, -0.25) is 9.48 Å². The minimum Gasteiger partial charge on any atom is -1.00 e. The van der Waals surface area contributed by atoms with Crippen LogP contribution < -0.4 is 17.0 Å². The molecule has 0 aliphatic rings. The molecular weight excluding hydrogens is 372 g/mol. The van der Waals surface area contributed by atoms with Gasteiger partial charge in [-0.1, -0.05) is 78.1 Å². The largest absolute Gasteiger partial charge is 1.00 e. The summed E-state index contributed by atoms with van der Waals surface area (Å²) >= 11 is 0. The summed E-state index contributed by atoms with van der Waals surface area (Å²) in [6.07, 6.45) is 19.6. The first-order valence-electron chi connectivity index (χ1n) is 10.9. The molecule has 0 atom stereocenters. The van der Waals surface area contributed by atoms with Crippen LogP contribution in [0.2, 0.25) is 0 Å². The van der Waals surface area contributed by atoms with Gasteiger partial charge >= 0.3 is 0 Å². The Morgan fingerprint density at radius 1 is 0.600 bits per heavy atom. The highest BCUT2D eigenvalue weighted by molar-refractivity contribution is 5.73. The first-order chi connectivity index (χ1) is 11.6. The van der Waals surface area contributed by atoms with E-state index in [1.165, 1.54) is 109 Å². The van der Waals surface area contributed by atoms with Crippen LogP contribution >= 0.6 is 0 Å². The Morgan fingerprint density at radius 3 is 1.24 bits per heavy atom. The van der Waals surface area contributed by atoms with E-state index < -0.39 is 0 Å². The lowest BCUT2D eigenvalue weighted by Gasteiger charge is -2.14. The summed E-state index contributed by atoms with van der Waals surface area (Å²) in [7, 11) is 4.36. The summed E-state index contributed by atoms with van der Waals surface area (Å²) in [5, 5.41) is 0. The van der Waals surface area contributed by atoms with Crippen molar-refractivity contribution < 1.29 is 21.6 Å². The molecule has 0 N–H and O–H groups in total. The van der Waals surface area contributed by atoms with Gasteiger partial charge in [-0.2, -0.15) is 0 Å². The molecule has 0 amide bonds. The Kier molecular flexibility index (Phi) is 22.0. The molecule has 0 radical (unpaired) electrons. The van der Waals surface area contributed by atoms with Crippen LogP contribution in [0, 0.1) is 0 Å². The molecule has 0 heterocycles. The second-order valence-corrected chi connectivity index (χ2v) is 7.67. The number of unbranched alkanes of at least 4 members (excludes halogenated alkanes) is 12.